The number of likely N-dealkylation sites (tertiary alicyclic amines) is 1. The van der Waals surface area contributed by atoms with E-state index in [4.69, 9.17) is 9.47 Å². The zero-order chi connectivity index (χ0) is 22.1. The molecule has 0 spiro atoms. The van der Waals surface area contributed by atoms with Gasteiger partial charge in [0.2, 0.25) is 5.88 Å². The molecule has 0 saturated carbocycles. The molecule has 2 aliphatic heterocycles. The summed E-state index contributed by atoms with van der Waals surface area (Å²) in [4.78, 5) is 6.68. The van der Waals surface area contributed by atoms with Gasteiger partial charge in [0.05, 0.1) is 6.61 Å². The van der Waals surface area contributed by atoms with Crippen LogP contribution >= 0.6 is 0 Å². The Morgan fingerprint density at radius 1 is 1.16 bits per heavy atom. The van der Waals surface area contributed by atoms with Crippen molar-refractivity contribution in [3.05, 3.63) is 59.3 Å². The zero-order valence-corrected chi connectivity index (χ0v) is 19.3. The highest BCUT2D eigenvalue weighted by molar-refractivity contribution is 5.42. The van der Waals surface area contributed by atoms with Crippen molar-refractivity contribution in [3.8, 4) is 5.88 Å². The number of rotatable bonds is 7. The van der Waals surface area contributed by atoms with Crippen molar-refractivity contribution in [2.45, 2.75) is 45.1 Å². The zero-order valence-electron chi connectivity index (χ0n) is 19.3. The van der Waals surface area contributed by atoms with Crippen molar-refractivity contribution >= 4 is 0 Å². The largest absolute Gasteiger partial charge is 0.477 e. The van der Waals surface area contributed by atoms with E-state index in [2.05, 4.69) is 62.0 Å². The maximum absolute atomic E-state index is 12.3. The fourth-order valence-corrected chi connectivity index (χ4v) is 5.18. The third-order valence-electron chi connectivity index (χ3n) is 7.07. The van der Waals surface area contributed by atoms with Gasteiger partial charge in [0, 0.05) is 44.0 Å². The number of aromatic nitrogens is 1. The second-order valence-electron chi connectivity index (χ2n) is 9.97. The second-order valence-corrected chi connectivity index (χ2v) is 9.97. The highest BCUT2D eigenvalue weighted by atomic mass is 16.5. The lowest BCUT2D eigenvalue weighted by Gasteiger charge is -2.56. The summed E-state index contributed by atoms with van der Waals surface area (Å²) in [5, 5.41) is 12.3. The van der Waals surface area contributed by atoms with E-state index in [0.717, 1.165) is 50.3 Å². The van der Waals surface area contributed by atoms with E-state index in [9.17, 15) is 5.11 Å². The molecule has 5 heteroatoms. The number of pyridine rings is 1. The molecule has 0 radical (unpaired) electrons. The molecule has 1 aromatic carbocycles. The van der Waals surface area contributed by atoms with Crippen LogP contribution in [0.2, 0.25) is 0 Å². The normalized spacial score (nSPS) is 21.5. The minimum atomic E-state index is -1.12. The highest BCUT2D eigenvalue weighted by Gasteiger charge is 2.55. The third-order valence-corrected chi connectivity index (χ3v) is 7.07. The number of nitrogens with zero attached hydrogens (tertiary/aromatic N) is 2. The molecular formula is C26H36N2O3. The number of benzene rings is 1. The van der Waals surface area contributed by atoms with Crippen LogP contribution in [-0.4, -0.2) is 54.9 Å². The molecular weight excluding hydrogens is 388 g/mol. The Balaban J connectivity index is 1.64. The van der Waals surface area contributed by atoms with Gasteiger partial charge >= 0.3 is 0 Å². The van der Waals surface area contributed by atoms with Crippen molar-refractivity contribution < 1.29 is 14.6 Å². The molecule has 0 amide bonds. The molecule has 0 bridgehead atoms. The smallest absolute Gasteiger partial charge is 0.213 e. The van der Waals surface area contributed by atoms with E-state index >= 15 is 0 Å². The average Bonchev–Trinajstić information content (AvgIpc) is 2.77. The fraction of sp³-hybridized carbons (Fsp3) is 0.577. The van der Waals surface area contributed by atoms with E-state index in [1.165, 1.54) is 5.56 Å². The molecule has 168 valence electrons. The van der Waals surface area contributed by atoms with E-state index in [-0.39, 0.29) is 5.41 Å². The lowest BCUT2D eigenvalue weighted by molar-refractivity contribution is -0.127. The Labute approximate surface area is 186 Å². The van der Waals surface area contributed by atoms with Crippen LogP contribution in [0.3, 0.4) is 0 Å². The Morgan fingerprint density at radius 3 is 2.45 bits per heavy atom. The van der Waals surface area contributed by atoms with Gasteiger partial charge in [0.25, 0.3) is 0 Å². The molecule has 5 nitrogen and oxygen atoms in total. The van der Waals surface area contributed by atoms with Crippen LogP contribution in [0.1, 0.15) is 56.2 Å². The monoisotopic (exact) mass is 424 g/mol. The summed E-state index contributed by atoms with van der Waals surface area (Å²) in [5.41, 5.74) is 1.64. The van der Waals surface area contributed by atoms with Crippen molar-refractivity contribution in [1.82, 2.24) is 9.88 Å². The fourth-order valence-electron chi connectivity index (χ4n) is 5.18. The van der Waals surface area contributed by atoms with Crippen LogP contribution in [0, 0.1) is 11.3 Å². The first kappa shape index (κ1) is 22.3. The van der Waals surface area contributed by atoms with E-state index in [1.54, 1.807) is 6.20 Å². The molecule has 2 saturated heterocycles. The summed E-state index contributed by atoms with van der Waals surface area (Å²) in [6.07, 6.45) is 3.81. The van der Waals surface area contributed by atoms with E-state index < -0.39 is 5.60 Å². The second kappa shape index (κ2) is 8.89. The lowest BCUT2D eigenvalue weighted by Crippen LogP contribution is -2.63. The predicted molar refractivity (Wildman–Crippen MR) is 122 cm³/mol. The van der Waals surface area contributed by atoms with Gasteiger partial charge in [-0.3, -0.25) is 0 Å². The van der Waals surface area contributed by atoms with Crippen molar-refractivity contribution in [2.75, 3.05) is 40.0 Å². The minimum absolute atomic E-state index is 0.291. The van der Waals surface area contributed by atoms with Gasteiger partial charge in [0.1, 0.15) is 5.60 Å². The lowest BCUT2D eigenvalue weighted by atomic mass is 9.62. The molecule has 1 N–H and O–H groups in total. The minimum Gasteiger partial charge on any atom is -0.477 e. The Kier molecular flexibility index (Phi) is 6.38. The number of aliphatic hydroxyl groups is 1. The number of hydrogen-bond donors (Lipinski definition) is 1. The quantitative estimate of drug-likeness (QED) is 0.722. The van der Waals surface area contributed by atoms with Crippen LogP contribution in [0.15, 0.2) is 42.6 Å². The summed E-state index contributed by atoms with van der Waals surface area (Å²) in [7, 11) is 2.10. The predicted octanol–water partition coefficient (Wildman–Crippen LogP) is 4.20. The van der Waals surface area contributed by atoms with Crippen LogP contribution in [0.25, 0.3) is 0 Å². The third kappa shape index (κ3) is 4.36. The van der Waals surface area contributed by atoms with Crippen LogP contribution in [0.5, 0.6) is 5.88 Å². The van der Waals surface area contributed by atoms with Crippen molar-refractivity contribution in [1.29, 1.82) is 0 Å². The highest BCUT2D eigenvalue weighted by Crippen LogP contribution is 2.50. The molecule has 4 rings (SSSR count). The number of hydrogen-bond acceptors (Lipinski definition) is 5. The van der Waals surface area contributed by atoms with Crippen molar-refractivity contribution in [3.63, 3.8) is 0 Å². The molecule has 31 heavy (non-hydrogen) atoms. The van der Waals surface area contributed by atoms with E-state index in [1.807, 2.05) is 12.1 Å². The van der Waals surface area contributed by atoms with Crippen LogP contribution in [0.4, 0.5) is 0 Å². The molecule has 1 atom stereocenters. The first-order valence-corrected chi connectivity index (χ1v) is 11.5. The summed E-state index contributed by atoms with van der Waals surface area (Å²) in [5.74, 6) is 1.54. The Bertz CT molecular complexity index is 870. The van der Waals surface area contributed by atoms with Crippen LogP contribution in [-0.2, 0) is 10.3 Å². The summed E-state index contributed by atoms with van der Waals surface area (Å²) < 4.78 is 11.5. The topological polar surface area (TPSA) is 54.8 Å². The Morgan fingerprint density at radius 2 is 1.84 bits per heavy atom. The van der Waals surface area contributed by atoms with Crippen LogP contribution < -0.4 is 4.74 Å². The van der Waals surface area contributed by atoms with Gasteiger partial charge in [-0.2, -0.15) is 0 Å². The van der Waals surface area contributed by atoms with Gasteiger partial charge in [-0.25, -0.2) is 4.98 Å². The van der Waals surface area contributed by atoms with Gasteiger partial charge in [-0.1, -0.05) is 45.0 Å². The molecule has 1 unspecified atom stereocenters. The van der Waals surface area contributed by atoms with Crippen molar-refractivity contribution in [2.24, 2.45) is 11.3 Å². The summed E-state index contributed by atoms with van der Waals surface area (Å²) >= 11 is 0. The molecule has 2 aromatic rings. The average molecular weight is 425 g/mol. The standard InChI is InChI=1S/C26H36N2O3/c1-19(2)21-5-7-22(8-6-21)26(29,25(3)17-28(4)18-25)23-9-12-27-24(15-23)31-16-20-10-13-30-14-11-20/h5-9,12,15,19-20,29H,10-11,13-14,16-18H2,1-4H3. The van der Waals surface area contributed by atoms with Gasteiger partial charge in [-0.15, -0.1) is 0 Å². The summed E-state index contributed by atoms with van der Waals surface area (Å²) in [6.45, 7) is 10.5. The maximum atomic E-state index is 12.3. The first-order chi connectivity index (χ1) is 14.8. The Hall–Kier alpha value is -1.95. The van der Waals surface area contributed by atoms with Gasteiger partial charge in [-0.05, 0) is 54.5 Å². The van der Waals surface area contributed by atoms with Gasteiger partial charge in [0.15, 0.2) is 0 Å². The maximum Gasteiger partial charge on any atom is 0.213 e. The summed E-state index contributed by atoms with van der Waals surface area (Å²) in [6, 6.07) is 12.3. The molecule has 1 aromatic heterocycles. The molecule has 3 heterocycles. The van der Waals surface area contributed by atoms with E-state index in [0.29, 0.717) is 24.3 Å². The SMILES string of the molecule is CC(C)c1ccc(C(O)(c2ccnc(OCC3CCOCC3)c2)C2(C)CN(C)C2)cc1. The molecule has 0 aliphatic carbocycles. The first-order valence-electron chi connectivity index (χ1n) is 11.5. The molecule has 2 fully saturated rings. The molecule has 2 aliphatic rings. The number of ether oxygens (including phenoxy) is 2. The van der Waals surface area contributed by atoms with Gasteiger partial charge < -0.3 is 19.5 Å².